The van der Waals surface area contributed by atoms with Crippen LogP contribution in [-0.4, -0.2) is 47.1 Å². The molecule has 1 aromatic carbocycles. The molecule has 3 heterocycles. The number of fused-ring (bicyclic) bond motifs is 1. The molecule has 0 unspecified atom stereocenters. The summed E-state index contributed by atoms with van der Waals surface area (Å²) in [6.45, 7) is 5.00. The second-order valence-corrected chi connectivity index (χ2v) is 9.93. The van der Waals surface area contributed by atoms with E-state index in [1.807, 2.05) is 25.3 Å². The van der Waals surface area contributed by atoms with Crippen molar-refractivity contribution in [2.45, 2.75) is 31.8 Å². The molecule has 1 amide bonds. The highest BCUT2D eigenvalue weighted by Gasteiger charge is 2.45. The Balaban J connectivity index is 1.35. The lowest BCUT2D eigenvalue weighted by molar-refractivity contribution is -0.127. The normalized spacial score (nSPS) is 17.0. The van der Waals surface area contributed by atoms with Crippen LogP contribution in [0.3, 0.4) is 0 Å². The van der Waals surface area contributed by atoms with Crippen molar-refractivity contribution in [3.63, 3.8) is 0 Å². The molecule has 4 N–H and O–H groups in total. The van der Waals surface area contributed by atoms with Gasteiger partial charge < -0.3 is 21.1 Å². The Kier molecular flexibility index (Phi) is 6.05. The van der Waals surface area contributed by atoms with Crippen LogP contribution < -0.4 is 16.4 Å². The summed E-state index contributed by atoms with van der Waals surface area (Å²) in [6, 6.07) is 7.39. The Morgan fingerprint density at radius 2 is 2.09 bits per heavy atom. The van der Waals surface area contributed by atoms with Crippen LogP contribution in [0.25, 0.3) is 20.7 Å². The minimum absolute atomic E-state index is 0.390. The number of piperidine rings is 1. The maximum atomic E-state index is 12.8. The van der Waals surface area contributed by atoms with E-state index >= 15 is 0 Å². The molecule has 0 saturated carbocycles. The van der Waals surface area contributed by atoms with Crippen LogP contribution in [0, 0.1) is 12.8 Å². The quantitative estimate of drug-likeness (QED) is 0.336. The molecule has 176 valence electrons. The third-order valence-corrected chi connectivity index (χ3v) is 7.50. The van der Waals surface area contributed by atoms with Crippen LogP contribution in [0.2, 0.25) is 0 Å². The van der Waals surface area contributed by atoms with Gasteiger partial charge in [0.25, 0.3) is 5.91 Å². The third kappa shape index (κ3) is 4.53. The Morgan fingerprint density at radius 1 is 1.29 bits per heavy atom. The van der Waals surface area contributed by atoms with Crippen molar-refractivity contribution in [3.8, 4) is 10.6 Å². The largest absolute Gasteiger partial charge is 0.437 e. The van der Waals surface area contributed by atoms with Gasteiger partial charge in [0, 0.05) is 22.8 Å². The first-order valence-electron chi connectivity index (χ1n) is 11.5. The molecule has 34 heavy (non-hydrogen) atoms. The highest BCUT2D eigenvalue weighted by molar-refractivity contribution is 7.22. The van der Waals surface area contributed by atoms with Crippen molar-refractivity contribution in [1.29, 1.82) is 0 Å². The van der Waals surface area contributed by atoms with Crippen LogP contribution >= 0.6 is 11.3 Å². The number of ether oxygens (including phenoxy) is 1. The minimum Gasteiger partial charge on any atom is -0.437 e. The van der Waals surface area contributed by atoms with Crippen LogP contribution in [0.4, 0.5) is 5.95 Å². The van der Waals surface area contributed by atoms with Crippen molar-refractivity contribution in [2.24, 2.45) is 11.7 Å². The number of aryl methyl sites for hydroxylation is 1. The average molecular weight is 478 g/mol. The molecule has 9 heteroatoms. The number of hydrogen-bond acceptors (Lipinski definition) is 8. The van der Waals surface area contributed by atoms with E-state index in [9.17, 15) is 9.59 Å². The molecule has 3 aromatic rings. The van der Waals surface area contributed by atoms with Crippen LogP contribution in [0.5, 0.6) is 0 Å². The molecule has 0 atom stereocenters. The molecular weight excluding hydrogens is 450 g/mol. The van der Waals surface area contributed by atoms with E-state index in [1.165, 1.54) is 25.0 Å². The minimum atomic E-state index is -1.39. The van der Waals surface area contributed by atoms with E-state index in [0.717, 1.165) is 58.2 Å². The van der Waals surface area contributed by atoms with Crippen molar-refractivity contribution in [3.05, 3.63) is 53.7 Å². The number of carbonyl (C=O) groups is 2. The summed E-state index contributed by atoms with van der Waals surface area (Å²) in [7, 11) is 0. The number of benzene rings is 1. The first-order valence-corrected chi connectivity index (χ1v) is 12.3. The SMILES string of the molecule is Cc1cnc(NCCC2CCNCC2)nc1-c1cc2c(C(=O)OC3(C(N)=O)C=C3)cccc2s1. The topological polar surface area (TPSA) is 119 Å². The molecular formula is C25H27N5O3S. The van der Waals surface area contributed by atoms with Crippen molar-refractivity contribution >= 4 is 39.2 Å². The fraction of sp³-hybridized carbons (Fsp3) is 0.360. The number of hydrogen-bond donors (Lipinski definition) is 3. The summed E-state index contributed by atoms with van der Waals surface area (Å²) in [5.74, 6) is 0.0584. The van der Waals surface area contributed by atoms with E-state index in [4.69, 9.17) is 15.5 Å². The van der Waals surface area contributed by atoms with Gasteiger partial charge in [0.15, 0.2) is 0 Å². The number of aromatic nitrogens is 2. The van der Waals surface area contributed by atoms with Crippen molar-refractivity contribution in [2.75, 3.05) is 25.0 Å². The molecule has 8 nitrogen and oxygen atoms in total. The lowest BCUT2D eigenvalue weighted by Crippen LogP contribution is -2.36. The zero-order valence-electron chi connectivity index (χ0n) is 19.0. The first kappa shape index (κ1) is 22.5. The molecule has 0 spiro atoms. The van der Waals surface area contributed by atoms with Crippen LogP contribution in [0.1, 0.15) is 35.2 Å². The maximum absolute atomic E-state index is 12.8. The molecule has 2 aromatic heterocycles. The van der Waals surface area contributed by atoms with Crippen LogP contribution in [-0.2, 0) is 9.53 Å². The van der Waals surface area contributed by atoms with Gasteiger partial charge in [-0.1, -0.05) is 6.07 Å². The Morgan fingerprint density at radius 3 is 2.82 bits per heavy atom. The van der Waals surface area contributed by atoms with Gasteiger partial charge in [0.1, 0.15) is 0 Å². The molecule has 0 radical (unpaired) electrons. The molecule has 5 rings (SSSR count). The summed E-state index contributed by atoms with van der Waals surface area (Å²) >= 11 is 1.55. The van der Waals surface area contributed by atoms with Gasteiger partial charge in [-0.3, -0.25) is 4.79 Å². The van der Waals surface area contributed by atoms with E-state index in [2.05, 4.69) is 15.6 Å². The molecule has 0 bridgehead atoms. The zero-order valence-corrected chi connectivity index (χ0v) is 19.8. The number of nitrogens with zero attached hydrogens (tertiary/aromatic N) is 2. The molecule has 1 fully saturated rings. The van der Waals surface area contributed by atoms with Crippen LogP contribution in [0.15, 0.2) is 42.6 Å². The Bertz CT molecular complexity index is 1270. The summed E-state index contributed by atoms with van der Waals surface area (Å²) in [4.78, 5) is 34.6. The highest BCUT2D eigenvalue weighted by Crippen LogP contribution is 2.37. The number of rotatable bonds is 8. The average Bonchev–Trinajstić information content (AvgIpc) is 3.49. The Hall–Kier alpha value is -3.30. The van der Waals surface area contributed by atoms with E-state index in [0.29, 0.717) is 11.5 Å². The third-order valence-electron chi connectivity index (χ3n) is 6.40. The lowest BCUT2D eigenvalue weighted by Gasteiger charge is -2.22. The number of anilines is 1. The summed E-state index contributed by atoms with van der Waals surface area (Å²) in [5.41, 5.74) is 6.14. The van der Waals surface area contributed by atoms with Gasteiger partial charge in [0.2, 0.25) is 11.5 Å². The van der Waals surface area contributed by atoms with Gasteiger partial charge in [-0.15, -0.1) is 11.3 Å². The predicted molar refractivity (Wildman–Crippen MR) is 133 cm³/mol. The van der Waals surface area contributed by atoms with E-state index < -0.39 is 17.5 Å². The number of esters is 1. The summed E-state index contributed by atoms with van der Waals surface area (Å²) in [6.07, 6.45) is 8.32. The number of carbonyl (C=O) groups excluding carboxylic acids is 2. The molecule has 2 aliphatic rings. The fourth-order valence-corrected chi connectivity index (χ4v) is 5.40. The molecule has 1 aliphatic heterocycles. The monoisotopic (exact) mass is 477 g/mol. The fourth-order valence-electron chi connectivity index (χ4n) is 4.26. The smallest absolute Gasteiger partial charge is 0.340 e. The number of amides is 1. The summed E-state index contributed by atoms with van der Waals surface area (Å²) in [5, 5.41) is 7.53. The lowest BCUT2D eigenvalue weighted by atomic mass is 9.95. The zero-order chi connectivity index (χ0) is 23.7. The predicted octanol–water partition coefficient (Wildman–Crippen LogP) is 3.42. The van der Waals surface area contributed by atoms with Crippen molar-refractivity contribution in [1.82, 2.24) is 15.3 Å². The highest BCUT2D eigenvalue weighted by atomic mass is 32.1. The Labute approximate surface area is 201 Å². The van der Waals surface area contributed by atoms with E-state index in [1.54, 1.807) is 23.5 Å². The second kappa shape index (κ2) is 9.15. The van der Waals surface area contributed by atoms with Gasteiger partial charge >= 0.3 is 5.97 Å². The number of nitrogens with two attached hydrogens (primary N) is 1. The second-order valence-electron chi connectivity index (χ2n) is 8.84. The molecule has 1 aliphatic carbocycles. The number of primary amides is 1. The number of nitrogens with one attached hydrogen (secondary N) is 2. The van der Waals surface area contributed by atoms with Gasteiger partial charge in [-0.25, -0.2) is 14.8 Å². The number of thiophene rings is 1. The van der Waals surface area contributed by atoms with E-state index in [-0.39, 0.29) is 0 Å². The standard InChI is InChI=1S/C25H27N5O3S/c1-15-14-29-24(28-12-7-16-5-10-27-11-6-16)30-21(15)20-13-18-17(3-2-4-19(18)34-20)22(31)33-25(8-9-25)23(26)32/h2-4,8-9,13-14,16,27H,5-7,10-12H2,1H3,(H2,26,32)(H,28,29,30). The van der Waals surface area contributed by atoms with Gasteiger partial charge in [-0.05, 0) is 81.1 Å². The first-order chi connectivity index (χ1) is 16.4. The van der Waals surface area contributed by atoms with Gasteiger partial charge in [-0.2, -0.15) is 0 Å². The maximum Gasteiger partial charge on any atom is 0.340 e. The van der Waals surface area contributed by atoms with Crippen molar-refractivity contribution < 1.29 is 14.3 Å². The molecule has 1 saturated heterocycles. The summed E-state index contributed by atoms with van der Waals surface area (Å²) < 4.78 is 6.33. The van der Waals surface area contributed by atoms with Gasteiger partial charge in [0.05, 0.1) is 16.1 Å².